The van der Waals surface area contributed by atoms with Gasteiger partial charge in [0.15, 0.2) is 0 Å². The zero-order valence-electron chi connectivity index (χ0n) is 8.69. The fraction of sp³-hybridized carbons (Fsp3) is 1.00. The van der Waals surface area contributed by atoms with Gasteiger partial charge in [0.25, 0.3) is 0 Å². The van der Waals surface area contributed by atoms with Crippen LogP contribution in [0.15, 0.2) is 0 Å². The van der Waals surface area contributed by atoms with Crippen LogP contribution in [0.25, 0.3) is 0 Å². The molecule has 1 fully saturated rings. The van der Waals surface area contributed by atoms with Crippen molar-refractivity contribution in [3.63, 3.8) is 0 Å². The van der Waals surface area contributed by atoms with Gasteiger partial charge in [-0.05, 0) is 12.2 Å². The largest absolute Gasteiger partial charge is 0.312 e. The Kier molecular flexibility index (Phi) is 4.69. The molecule has 84 valence electrons. The van der Waals surface area contributed by atoms with E-state index in [4.69, 9.17) is 0 Å². The molecule has 0 aromatic heterocycles. The number of nitrogens with one attached hydrogen (secondary N) is 1. The number of rotatable bonds is 5. The van der Waals surface area contributed by atoms with Crippen LogP contribution in [0.2, 0.25) is 0 Å². The lowest BCUT2D eigenvalue weighted by Gasteiger charge is -2.14. The Morgan fingerprint density at radius 2 is 2.21 bits per heavy atom. The van der Waals surface area contributed by atoms with Crippen LogP contribution in [0.1, 0.15) is 6.42 Å². The van der Waals surface area contributed by atoms with Crippen LogP contribution in [-0.4, -0.2) is 56.7 Å². The van der Waals surface area contributed by atoms with Crippen LogP contribution >= 0.6 is 11.8 Å². The van der Waals surface area contributed by atoms with E-state index in [-0.39, 0.29) is 5.75 Å². The van der Waals surface area contributed by atoms with Crippen LogP contribution in [-0.2, 0) is 10.0 Å². The number of thioether (sulfide) groups is 1. The first kappa shape index (κ1) is 12.3. The highest BCUT2D eigenvalue weighted by Gasteiger charge is 2.17. The van der Waals surface area contributed by atoms with Crippen molar-refractivity contribution < 1.29 is 8.42 Å². The Labute approximate surface area is 90.5 Å². The summed E-state index contributed by atoms with van der Waals surface area (Å²) in [4.78, 5) is 0. The minimum atomic E-state index is -3.03. The van der Waals surface area contributed by atoms with Gasteiger partial charge < -0.3 is 5.32 Å². The first-order valence-corrected chi connectivity index (χ1v) is 7.50. The molecule has 0 bridgehead atoms. The summed E-state index contributed by atoms with van der Waals surface area (Å²) in [7, 11) is 0.115. The first-order valence-electron chi connectivity index (χ1n) is 4.74. The fourth-order valence-corrected chi connectivity index (χ4v) is 3.20. The minimum absolute atomic E-state index is 0.196. The van der Waals surface area contributed by atoms with Crippen molar-refractivity contribution in [2.75, 3.05) is 37.9 Å². The monoisotopic (exact) mass is 238 g/mol. The van der Waals surface area contributed by atoms with Crippen molar-refractivity contribution >= 4 is 21.8 Å². The topological polar surface area (TPSA) is 49.4 Å². The number of nitrogens with zero attached hydrogens (tertiary/aromatic N) is 1. The SMILES string of the molecule is CN(C)S(=O)(=O)CCN[C@@H]1CCSC1. The molecule has 1 rings (SSSR count). The predicted octanol–water partition coefficient (Wildman–Crippen LogP) is -0.0271. The van der Waals surface area contributed by atoms with Gasteiger partial charge in [-0.2, -0.15) is 11.8 Å². The second-order valence-corrected chi connectivity index (χ2v) is 7.07. The Morgan fingerprint density at radius 3 is 2.71 bits per heavy atom. The van der Waals surface area contributed by atoms with Crippen LogP contribution in [0.4, 0.5) is 0 Å². The van der Waals surface area contributed by atoms with E-state index >= 15 is 0 Å². The summed E-state index contributed by atoms with van der Waals surface area (Å²) in [6.07, 6.45) is 1.16. The molecule has 6 heteroatoms. The van der Waals surface area contributed by atoms with E-state index in [2.05, 4.69) is 5.32 Å². The smallest absolute Gasteiger partial charge is 0.214 e. The predicted molar refractivity (Wildman–Crippen MR) is 61.2 cm³/mol. The van der Waals surface area contributed by atoms with Crippen LogP contribution in [0, 0.1) is 0 Å². The Bertz CT molecular complexity index is 259. The van der Waals surface area contributed by atoms with Crippen LogP contribution in [0.5, 0.6) is 0 Å². The highest BCUT2D eigenvalue weighted by atomic mass is 32.2. The molecule has 1 aliphatic heterocycles. The van der Waals surface area contributed by atoms with Gasteiger partial charge in [0.2, 0.25) is 10.0 Å². The molecule has 1 atom stereocenters. The van der Waals surface area contributed by atoms with Gasteiger partial charge in [0.05, 0.1) is 5.75 Å². The van der Waals surface area contributed by atoms with E-state index in [1.165, 1.54) is 10.1 Å². The zero-order valence-corrected chi connectivity index (χ0v) is 10.3. The third-order valence-corrected chi connectivity index (χ3v) is 5.27. The Morgan fingerprint density at radius 1 is 1.50 bits per heavy atom. The molecule has 1 aliphatic rings. The third kappa shape index (κ3) is 3.76. The molecule has 4 nitrogen and oxygen atoms in total. The molecule has 0 aliphatic carbocycles. The average molecular weight is 238 g/mol. The van der Waals surface area contributed by atoms with Crippen molar-refractivity contribution in [3.05, 3.63) is 0 Å². The van der Waals surface area contributed by atoms with Gasteiger partial charge in [-0.1, -0.05) is 0 Å². The molecule has 0 spiro atoms. The average Bonchev–Trinajstić information content (AvgIpc) is 2.56. The molecule has 0 aromatic carbocycles. The molecular weight excluding hydrogens is 220 g/mol. The number of hydrogen-bond acceptors (Lipinski definition) is 4. The second-order valence-electron chi connectivity index (χ2n) is 3.61. The molecule has 0 radical (unpaired) electrons. The lowest BCUT2D eigenvalue weighted by atomic mass is 10.3. The molecule has 14 heavy (non-hydrogen) atoms. The summed E-state index contributed by atoms with van der Waals surface area (Å²) in [5, 5.41) is 3.27. The van der Waals surface area contributed by atoms with Crippen molar-refractivity contribution in [2.24, 2.45) is 0 Å². The van der Waals surface area contributed by atoms with Gasteiger partial charge in [-0.3, -0.25) is 0 Å². The normalized spacial score (nSPS) is 23.2. The molecular formula is C8H18N2O2S2. The summed E-state index contributed by atoms with van der Waals surface area (Å²) in [5.41, 5.74) is 0. The van der Waals surface area contributed by atoms with E-state index in [1.54, 1.807) is 14.1 Å². The van der Waals surface area contributed by atoms with Gasteiger partial charge in [-0.15, -0.1) is 0 Å². The summed E-state index contributed by atoms with van der Waals surface area (Å²) in [6.45, 7) is 0.561. The van der Waals surface area contributed by atoms with Crippen molar-refractivity contribution in [3.8, 4) is 0 Å². The maximum Gasteiger partial charge on any atom is 0.214 e. The maximum absolute atomic E-state index is 11.4. The number of sulfonamides is 1. The number of hydrogen-bond donors (Lipinski definition) is 1. The van der Waals surface area contributed by atoms with Gasteiger partial charge in [-0.25, -0.2) is 12.7 Å². The molecule has 1 saturated heterocycles. The molecule has 0 saturated carbocycles. The lowest BCUT2D eigenvalue weighted by molar-refractivity contribution is 0.511. The van der Waals surface area contributed by atoms with Crippen LogP contribution < -0.4 is 5.32 Å². The van der Waals surface area contributed by atoms with Gasteiger partial charge in [0, 0.05) is 32.4 Å². The zero-order chi connectivity index (χ0) is 10.6. The van der Waals surface area contributed by atoms with Gasteiger partial charge >= 0.3 is 0 Å². The minimum Gasteiger partial charge on any atom is -0.312 e. The van der Waals surface area contributed by atoms with Crippen molar-refractivity contribution in [1.82, 2.24) is 9.62 Å². The van der Waals surface area contributed by atoms with E-state index in [1.807, 2.05) is 11.8 Å². The second kappa shape index (κ2) is 5.34. The lowest BCUT2D eigenvalue weighted by Crippen LogP contribution is -2.36. The van der Waals surface area contributed by atoms with E-state index < -0.39 is 10.0 Å². The highest BCUT2D eigenvalue weighted by Crippen LogP contribution is 2.16. The maximum atomic E-state index is 11.4. The van der Waals surface area contributed by atoms with E-state index in [0.29, 0.717) is 12.6 Å². The Balaban J connectivity index is 2.20. The Hall–Kier alpha value is 0.220. The van der Waals surface area contributed by atoms with E-state index in [0.717, 1.165) is 12.2 Å². The molecule has 1 heterocycles. The molecule has 0 aromatic rings. The van der Waals surface area contributed by atoms with Crippen LogP contribution in [0.3, 0.4) is 0 Å². The fourth-order valence-electron chi connectivity index (χ4n) is 1.27. The first-order chi connectivity index (χ1) is 6.52. The van der Waals surface area contributed by atoms with E-state index in [9.17, 15) is 8.42 Å². The van der Waals surface area contributed by atoms with Crippen molar-refractivity contribution in [1.29, 1.82) is 0 Å². The standard InChI is InChI=1S/C8H18N2O2S2/c1-10(2)14(11,12)6-4-9-8-3-5-13-7-8/h8-9H,3-7H2,1-2H3/t8-/m1/s1. The quantitative estimate of drug-likeness (QED) is 0.731. The third-order valence-electron chi connectivity index (χ3n) is 2.28. The summed E-state index contributed by atoms with van der Waals surface area (Å²) < 4.78 is 24.0. The molecule has 0 unspecified atom stereocenters. The summed E-state index contributed by atoms with van der Waals surface area (Å²) in [6, 6.07) is 0.511. The summed E-state index contributed by atoms with van der Waals surface area (Å²) >= 11 is 1.92. The van der Waals surface area contributed by atoms with Crippen molar-refractivity contribution in [2.45, 2.75) is 12.5 Å². The molecule has 0 amide bonds. The summed E-state index contributed by atoms with van der Waals surface area (Å²) in [5.74, 6) is 2.50. The highest BCUT2D eigenvalue weighted by molar-refractivity contribution is 7.99. The molecule has 1 N–H and O–H groups in total. The van der Waals surface area contributed by atoms with Gasteiger partial charge in [0.1, 0.15) is 0 Å².